The molecule has 2 aromatic carbocycles. The number of carbonyl (C=O) groups excluding carboxylic acids is 2. The fourth-order valence-electron chi connectivity index (χ4n) is 4.03. The average Bonchev–Trinajstić information content (AvgIpc) is 3.24. The second-order valence-corrected chi connectivity index (χ2v) is 7.69. The lowest BCUT2D eigenvalue weighted by Gasteiger charge is -2.31. The van der Waals surface area contributed by atoms with Crippen LogP contribution in [0.2, 0.25) is 0 Å². The third-order valence-corrected chi connectivity index (χ3v) is 5.68. The van der Waals surface area contributed by atoms with Gasteiger partial charge in [0.1, 0.15) is 0 Å². The zero-order valence-corrected chi connectivity index (χ0v) is 17.5. The molecule has 0 bridgehead atoms. The molecule has 1 aliphatic heterocycles. The molecule has 2 N–H and O–H groups in total. The average molecular weight is 415 g/mol. The van der Waals surface area contributed by atoms with Crippen molar-refractivity contribution in [3.63, 3.8) is 0 Å². The minimum Gasteiger partial charge on any atom is -0.362 e. The first kappa shape index (κ1) is 20.6. The molecule has 158 valence electrons. The van der Waals surface area contributed by atoms with Gasteiger partial charge in [-0.15, -0.1) is 0 Å². The molecule has 0 unspecified atom stereocenters. The van der Waals surface area contributed by atoms with E-state index in [1.165, 1.54) is 5.56 Å². The van der Waals surface area contributed by atoms with Gasteiger partial charge < -0.3 is 15.5 Å². The van der Waals surface area contributed by atoms with Crippen molar-refractivity contribution in [2.24, 2.45) is 0 Å². The van der Waals surface area contributed by atoms with Gasteiger partial charge in [0.05, 0.1) is 12.1 Å². The number of rotatable bonds is 6. The molecule has 4 rings (SSSR count). The van der Waals surface area contributed by atoms with Crippen molar-refractivity contribution >= 4 is 17.5 Å². The normalized spacial score (nSPS) is 14.4. The molecule has 0 fully saturated rings. The van der Waals surface area contributed by atoms with Crippen LogP contribution in [-0.4, -0.2) is 29.9 Å². The van der Waals surface area contributed by atoms with Gasteiger partial charge in [0, 0.05) is 31.2 Å². The van der Waals surface area contributed by atoms with E-state index in [9.17, 15) is 9.59 Å². The van der Waals surface area contributed by atoms with Crippen molar-refractivity contribution in [3.8, 4) is 0 Å². The summed E-state index contributed by atoms with van der Waals surface area (Å²) in [5.41, 5.74) is 4.40. The van der Waals surface area contributed by atoms with Gasteiger partial charge in [-0.3, -0.25) is 14.6 Å². The predicted molar refractivity (Wildman–Crippen MR) is 120 cm³/mol. The maximum Gasteiger partial charge on any atom is 0.309 e. The third-order valence-electron chi connectivity index (χ3n) is 5.68. The van der Waals surface area contributed by atoms with E-state index >= 15 is 0 Å². The van der Waals surface area contributed by atoms with Crippen molar-refractivity contribution in [2.75, 3.05) is 18.0 Å². The van der Waals surface area contributed by atoms with Crippen LogP contribution < -0.4 is 15.5 Å². The zero-order valence-electron chi connectivity index (χ0n) is 17.5. The Balaban J connectivity index is 1.44. The van der Waals surface area contributed by atoms with Gasteiger partial charge in [0.25, 0.3) is 0 Å². The van der Waals surface area contributed by atoms with Crippen LogP contribution in [0.25, 0.3) is 0 Å². The third kappa shape index (κ3) is 4.74. The summed E-state index contributed by atoms with van der Waals surface area (Å²) in [6.45, 7) is 3.03. The summed E-state index contributed by atoms with van der Waals surface area (Å²) in [4.78, 5) is 31.5. The van der Waals surface area contributed by atoms with Crippen LogP contribution in [0.5, 0.6) is 0 Å². The van der Waals surface area contributed by atoms with Crippen LogP contribution >= 0.6 is 0 Å². The van der Waals surface area contributed by atoms with E-state index in [1.807, 2.05) is 67.7 Å². The number of aromatic nitrogens is 1. The van der Waals surface area contributed by atoms with E-state index in [4.69, 9.17) is 0 Å². The summed E-state index contributed by atoms with van der Waals surface area (Å²) >= 11 is 0. The molecule has 0 saturated carbocycles. The lowest BCUT2D eigenvalue weighted by molar-refractivity contribution is -0.139. The van der Waals surface area contributed by atoms with Crippen LogP contribution in [0.4, 0.5) is 5.69 Å². The Kier molecular flexibility index (Phi) is 6.26. The lowest BCUT2D eigenvalue weighted by Crippen LogP contribution is -2.44. The summed E-state index contributed by atoms with van der Waals surface area (Å²) in [5.74, 6) is -1.27. The summed E-state index contributed by atoms with van der Waals surface area (Å²) in [5, 5.41) is 5.59. The van der Waals surface area contributed by atoms with Crippen molar-refractivity contribution < 1.29 is 9.59 Å². The number of para-hydroxylation sites is 1. The van der Waals surface area contributed by atoms with Crippen LogP contribution in [0.3, 0.4) is 0 Å². The Morgan fingerprint density at radius 2 is 1.71 bits per heavy atom. The number of hydrogen-bond acceptors (Lipinski definition) is 4. The van der Waals surface area contributed by atoms with Gasteiger partial charge in [0.15, 0.2) is 0 Å². The van der Waals surface area contributed by atoms with Crippen molar-refractivity contribution in [3.05, 3.63) is 95.8 Å². The highest BCUT2D eigenvalue weighted by Gasteiger charge is 2.28. The van der Waals surface area contributed by atoms with Gasteiger partial charge in [-0.2, -0.15) is 0 Å². The highest BCUT2D eigenvalue weighted by atomic mass is 16.2. The molecule has 2 heterocycles. The Hall–Kier alpha value is -3.67. The molecule has 6 heteroatoms. The van der Waals surface area contributed by atoms with Crippen LogP contribution in [0, 0.1) is 0 Å². The largest absolute Gasteiger partial charge is 0.362 e. The Morgan fingerprint density at radius 3 is 2.48 bits per heavy atom. The predicted octanol–water partition coefficient (Wildman–Crippen LogP) is 3.18. The molecule has 1 aliphatic rings. The molecule has 2 atom stereocenters. The number of fused-ring (bicyclic) bond motifs is 1. The van der Waals surface area contributed by atoms with E-state index in [0.717, 1.165) is 29.8 Å². The Morgan fingerprint density at radius 1 is 0.968 bits per heavy atom. The van der Waals surface area contributed by atoms with Crippen LogP contribution in [0.1, 0.15) is 35.7 Å². The van der Waals surface area contributed by atoms with Crippen molar-refractivity contribution in [2.45, 2.75) is 25.4 Å². The molecule has 0 radical (unpaired) electrons. The van der Waals surface area contributed by atoms with E-state index in [1.54, 1.807) is 6.20 Å². The summed E-state index contributed by atoms with van der Waals surface area (Å²) in [7, 11) is 0. The summed E-state index contributed by atoms with van der Waals surface area (Å²) in [6, 6.07) is 21.4. The number of benzene rings is 2. The summed E-state index contributed by atoms with van der Waals surface area (Å²) < 4.78 is 0. The molecule has 31 heavy (non-hydrogen) atoms. The first-order chi connectivity index (χ1) is 15.1. The topological polar surface area (TPSA) is 74.3 Å². The van der Waals surface area contributed by atoms with Gasteiger partial charge >= 0.3 is 11.8 Å². The highest BCUT2D eigenvalue weighted by Crippen LogP contribution is 2.34. The van der Waals surface area contributed by atoms with Gasteiger partial charge in [-0.25, -0.2) is 0 Å². The van der Waals surface area contributed by atoms with Crippen LogP contribution in [0.15, 0.2) is 79.1 Å². The fourth-order valence-corrected chi connectivity index (χ4v) is 4.03. The molecule has 0 saturated heterocycles. The van der Waals surface area contributed by atoms with Crippen molar-refractivity contribution in [1.82, 2.24) is 15.6 Å². The summed E-state index contributed by atoms with van der Waals surface area (Å²) in [6.07, 6.45) is 4.50. The Bertz CT molecular complexity index is 1040. The zero-order chi connectivity index (χ0) is 21.6. The smallest absolute Gasteiger partial charge is 0.309 e. The standard InChI is InChI=1S/C25H26N4O2/c1-18(19-8-3-2-4-9-19)28-25(31)24(30)27-17-23(21-11-7-14-26-16-21)29-15-13-20-10-5-6-12-22(20)29/h2-12,14,16,18,23H,13,15,17H2,1H3,(H,27,30)(H,28,31)/t18-,23-/m1/s1. The first-order valence-corrected chi connectivity index (χ1v) is 10.5. The molecule has 6 nitrogen and oxygen atoms in total. The van der Waals surface area contributed by atoms with E-state index in [0.29, 0.717) is 6.54 Å². The maximum absolute atomic E-state index is 12.5. The molecular weight excluding hydrogens is 388 g/mol. The SMILES string of the molecule is C[C@@H](NC(=O)C(=O)NC[C@H](c1cccnc1)N1CCc2ccccc21)c1ccccc1. The number of anilines is 1. The first-order valence-electron chi connectivity index (χ1n) is 10.5. The number of hydrogen-bond donors (Lipinski definition) is 2. The monoisotopic (exact) mass is 414 g/mol. The maximum atomic E-state index is 12.5. The van der Waals surface area contributed by atoms with E-state index in [-0.39, 0.29) is 12.1 Å². The Labute approximate surface area is 182 Å². The second-order valence-electron chi connectivity index (χ2n) is 7.69. The number of amides is 2. The molecule has 0 spiro atoms. The lowest BCUT2D eigenvalue weighted by atomic mass is 10.1. The minimum absolute atomic E-state index is 0.111. The second kappa shape index (κ2) is 9.43. The molecular formula is C25H26N4O2. The fraction of sp³-hybridized carbons (Fsp3) is 0.240. The van der Waals surface area contributed by atoms with Gasteiger partial charge in [-0.1, -0.05) is 54.6 Å². The quantitative estimate of drug-likeness (QED) is 0.608. The highest BCUT2D eigenvalue weighted by molar-refractivity contribution is 6.35. The molecule has 3 aromatic rings. The number of pyridine rings is 1. The number of nitrogens with zero attached hydrogens (tertiary/aromatic N) is 2. The van der Waals surface area contributed by atoms with E-state index in [2.05, 4.69) is 32.7 Å². The number of nitrogens with one attached hydrogen (secondary N) is 2. The molecule has 1 aromatic heterocycles. The van der Waals surface area contributed by atoms with Crippen molar-refractivity contribution in [1.29, 1.82) is 0 Å². The minimum atomic E-state index is -0.636. The number of carbonyl (C=O) groups is 2. The van der Waals surface area contributed by atoms with Crippen LogP contribution in [-0.2, 0) is 16.0 Å². The van der Waals surface area contributed by atoms with Gasteiger partial charge in [0.2, 0.25) is 0 Å². The van der Waals surface area contributed by atoms with E-state index < -0.39 is 11.8 Å². The van der Waals surface area contributed by atoms with Gasteiger partial charge in [-0.05, 0) is 42.2 Å². The molecule has 0 aliphatic carbocycles. The molecule has 2 amide bonds.